The number of hydrogen-bond donors (Lipinski definition) is 0. The zero-order valence-electron chi connectivity index (χ0n) is 11.5. The molecule has 0 amide bonds. The lowest BCUT2D eigenvalue weighted by Crippen LogP contribution is -2.25. The van der Waals surface area contributed by atoms with Crippen molar-refractivity contribution in [3.8, 4) is 0 Å². The summed E-state index contributed by atoms with van der Waals surface area (Å²) in [5.41, 5.74) is 5.04. The fourth-order valence-corrected chi connectivity index (χ4v) is 5.54. The molecule has 2 aromatic rings. The van der Waals surface area contributed by atoms with Gasteiger partial charge in [-0.1, -0.05) is 13.8 Å². The average molecular weight is 323 g/mol. The highest BCUT2D eigenvalue weighted by Crippen LogP contribution is 2.45. The third-order valence-corrected chi connectivity index (χ3v) is 6.65. The van der Waals surface area contributed by atoms with Gasteiger partial charge in [0, 0.05) is 19.4 Å². The van der Waals surface area contributed by atoms with Gasteiger partial charge in [-0.3, -0.25) is 0 Å². The zero-order chi connectivity index (χ0) is 13.1. The van der Waals surface area contributed by atoms with E-state index in [9.17, 15) is 0 Å². The molecule has 96 valence electrons. The molecular weight excluding hydrogens is 304 g/mol. The van der Waals surface area contributed by atoms with Crippen LogP contribution in [0.1, 0.15) is 48.3 Å². The van der Waals surface area contributed by atoms with Crippen LogP contribution in [0.3, 0.4) is 0 Å². The van der Waals surface area contributed by atoms with Crippen molar-refractivity contribution in [2.45, 2.75) is 52.4 Å². The van der Waals surface area contributed by atoms with Gasteiger partial charge >= 0.3 is 0 Å². The van der Waals surface area contributed by atoms with Gasteiger partial charge in [0.2, 0.25) is 0 Å². The molecular formula is C16H19BrS. The summed E-state index contributed by atoms with van der Waals surface area (Å²) in [6.45, 7) is 9.32. The first kappa shape index (κ1) is 12.7. The van der Waals surface area contributed by atoms with Crippen LogP contribution in [0.2, 0.25) is 0 Å². The highest BCUT2D eigenvalue weighted by molar-refractivity contribution is 9.10. The smallest absolute Gasteiger partial charge is 0.0393 e. The highest BCUT2D eigenvalue weighted by Gasteiger charge is 2.30. The van der Waals surface area contributed by atoms with Gasteiger partial charge < -0.3 is 0 Å². The summed E-state index contributed by atoms with van der Waals surface area (Å²) in [6.07, 6.45) is 3.90. The van der Waals surface area contributed by atoms with Gasteiger partial charge in [-0.15, -0.1) is 11.3 Å². The normalized spacial score (nSPS) is 18.1. The van der Waals surface area contributed by atoms with E-state index in [0.29, 0.717) is 5.41 Å². The SMILES string of the molecule is Cc1sc2cc3c(c(C)c2c1Br)C(C)(C)CCC3. The van der Waals surface area contributed by atoms with Crippen molar-refractivity contribution in [2.24, 2.45) is 0 Å². The second-order valence-electron chi connectivity index (χ2n) is 6.12. The second-order valence-corrected chi connectivity index (χ2v) is 8.17. The number of halogens is 1. The van der Waals surface area contributed by atoms with Gasteiger partial charge in [0.15, 0.2) is 0 Å². The summed E-state index contributed by atoms with van der Waals surface area (Å²) in [5.74, 6) is 0. The van der Waals surface area contributed by atoms with E-state index in [1.54, 1.807) is 11.1 Å². The number of fused-ring (bicyclic) bond motifs is 2. The maximum absolute atomic E-state index is 3.78. The second kappa shape index (κ2) is 4.08. The van der Waals surface area contributed by atoms with Gasteiger partial charge in [-0.2, -0.15) is 0 Å². The average Bonchev–Trinajstić information content (AvgIpc) is 2.53. The van der Waals surface area contributed by atoms with E-state index in [1.807, 2.05) is 11.3 Å². The van der Waals surface area contributed by atoms with Gasteiger partial charge in [-0.25, -0.2) is 0 Å². The van der Waals surface area contributed by atoms with Crippen LogP contribution in [0.4, 0.5) is 0 Å². The molecule has 1 aromatic carbocycles. The number of benzene rings is 1. The van der Waals surface area contributed by atoms with E-state index in [1.165, 1.54) is 44.3 Å². The Hall–Kier alpha value is -0.340. The van der Waals surface area contributed by atoms with Crippen molar-refractivity contribution >= 4 is 37.4 Å². The molecule has 1 heterocycles. The predicted molar refractivity (Wildman–Crippen MR) is 85.0 cm³/mol. The molecule has 1 aliphatic rings. The minimum Gasteiger partial charge on any atom is -0.139 e. The van der Waals surface area contributed by atoms with E-state index in [0.717, 1.165) is 0 Å². The van der Waals surface area contributed by atoms with Crippen molar-refractivity contribution in [1.82, 2.24) is 0 Å². The van der Waals surface area contributed by atoms with Gasteiger partial charge in [0.25, 0.3) is 0 Å². The lowest BCUT2D eigenvalue weighted by atomic mass is 9.70. The van der Waals surface area contributed by atoms with Gasteiger partial charge in [0.1, 0.15) is 0 Å². The van der Waals surface area contributed by atoms with E-state index >= 15 is 0 Å². The maximum Gasteiger partial charge on any atom is 0.0393 e. The van der Waals surface area contributed by atoms with Gasteiger partial charge in [0.05, 0.1) is 0 Å². The third kappa shape index (κ3) is 1.69. The van der Waals surface area contributed by atoms with Crippen LogP contribution in [0.25, 0.3) is 10.1 Å². The molecule has 0 nitrogen and oxygen atoms in total. The Balaban J connectivity index is 2.43. The Labute approximate surface area is 122 Å². The summed E-state index contributed by atoms with van der Waals surface area (Å²) in [7, 11) is 0. The first-order chi connectivity index (χ1) is 8.42. The molecule has 0 bridgehead atoms. The summed E-state index contributed by atoms with van der Waals surface area (Å²) in [5, 5.41) is 1.45. The molecule has 0 unspecified atom stereocenters. The van der Waals surface area contributed by atoms with Gasteiger partial charge in [-0.05, 0) is 77.2 Å². The van der Waals surface area contributed by atoms with Crippen LogP contribution in [0, 0.1) is 13.8 Å². The summed E-state index contributed by atoms with van der Waals surface area (Å²) in [6, 6.07) is 2.45. The molecule has 0 aliphatic heterocycles. The summed E-state index contributed by atoms with van der Waals surface area (Å²) < 4.78 is 2.76. The Kier molecular flexibility index (Phi) is 2.87. The molecule has 0 spiro atoms. The first-order valence-electron chi connectivity index (χ1n) is 6.63. The fraction of sp³-hybridized carbons (Fsp3) is 0.500. The quantitative estimate of drug-likeness (QED) is 0.567. The van der Waals surface area contributed by atoms with E-state index in [-0.39, 0.29) is 0 Å². The molecule has 0 atom stereocenters. The Morgan fingerprint density at radius 3 is 2.72 bits per heavy atom. The molecule has 2 heteroatoms. The monoisotopic (exact) mass is 322 g/mol. The Bertz CT molecular complexity index is 634. The summed E-state index contributed by atoms with van der Waals surface area (Å²) >= 11 is 5.70. The summed E-state index contributed by atoms with van der Waals surface area (Å²) in [4.78, 5) is 1.40. The van der Waals surface area contributed by atoms with Crippen LogP contribution in [-0.2, 0) is 11.8 Å². The topological polar surface area (TPSA) is 0 Å². The molecule has 3 rings (SSSR count). The lowest BCUT2D eigenvalue weighted by Gasteiger charge is -2.34. The number of aryl methyl sites for hydroxylation is 3. The minimum absolute atomic E-state index is 0.334. The van der Waals surface area contributed by atoms with Crippen LogP contribution < -0.4 is 0 Å². The van der Waals surface area contributed by atoms with E-state index in [4.69, 9.17) is 0 Å². The molecule has 1 aromatic heterocycles. The lowest BCUT2D eigenvalue weighted by molar-refractivity contribution is 0.430. The molecule has 0 radical (unpaired) electrons. The van der Waals surface area contributed by atoms with Crippen molar-refractivity contribution in [3.63, 3.8) is 0 Å². The minimum atomic E-state index is 0.334. The van der Waals surface area contributed by atoms with Crippen LogP contribution in [0.15, 0.2) is 10.5 Å². The molecule has 0 N–H and O–H groups in total. The fourth-order valence-electron chi connectivity index (χ4n) is 3.58. The zero-order valence-corrected chi connectivity index (χ0v) is 13.9. The molecule has 0 saturated heterocycles. The maximum atomic E-state index is 3.78. The van der Waals surface area contributed by atoms with Crippen molar-refractivity contribution in [2.75, 3.05) is 0 Å². The number of rotatable bonds is 0. The predicted octanol–water partition coefficient (Wildman–Crippen LogP) is 5.89. The Morgan fingerprint density at radius 2 is 2.00 bits per heavy atom. The highest BCUT2D eigenvalue weighted by atomic mass is 79.9. The van der Waals surface area contributed by atoms with Crippen molar-refractivity contribution in [3.05, 3.63) is 32.1 Å². The van der Waals surface area contributed by atoms with Crippen molar-refractivity contribution in [1.29, 1.82) is 0 Å². The third-order valence-electron chi connectivity index (χ3n) is 4.34. The van der Waals surface area contributed by atoms with Crippen LogP contribution in [-0.4, -0.2) is 0 Å². The molecule has 0 saturated carbocycles. The van der Waals surface area contributed by atoms with Crippen molar-refractivity contribution < 1.29 is 0 Å². The van der Waals surface area contributed by atoms with E-state index < -0.39 is 0 Å². The van der Waals surface area contributed by atoms with E-state index in [2.05, 4.69) is 49.7 Å². The molecule has 18 heavy (non-hydrogen) atoms. The molecule has 0 fully saturated rings. The Morgan fingerprint density at radius 1 is 1.28 bits per heavy atom. The first-order valence-corrected chi connectivity index (χ1v) is 8.24. The standard InChI is InChI=1S/C16H19BrS/c1-9-13-12(18-10(2)15(13)17)8-11-6-5-7-16(3,4)14(9)11/h8H,5-7H2,1-4H3. The number of thiophene rings is 1. The van der Waals surface area contributed by atoms with Crippen LogP contribution >= 0.6 is 27.3 Å². The largest absolute Gasteiger partial charge is 0.139 e. The van der Waals surface area contributed by atoms with Crippen LogP contribution in [0.5, 0.6) is 0 Å². The molecule has 1 aliphatic carbocycles. The number of hydrogen-bond acceptors (Lipinski definition) is 1.